The largest absolute Gasteiger partial charge is 0.494 e. The number of unbranched alkanes of at least 4 members (excludes halogenated alkanes) is 8. The molecule has 0 bridgehead atoms. The van der Waals surface area contributed by atoms with Crippen LogP contribution in [0, 0.1) is 0 Å². The molecule has 0 spiro atoms. The second-order valence-corrected chi connectivity index (χ2v) is 12.3. The van der Waals surface area contributed by atoms with Gasteiger partial charge in [-0.2, -0.15) is 0 Å². The van der Waals surface area contributed by atoms with Crippen LogP contribution in [0.5, 0.6) is 11.5 Å². The molecule has 6 nitrogen and oxygen atoms in total. The molecule has 0 unspecified atom stereocenters. The summed E-state index contributed by atoms with van der Waals surface area (Å²) in [5.41, 5.74) is 5.99. The second-order valence-electron chi connectivity index (χ2n) is 12.3. The molecular weight excluding hydrogens is 572 g/mol. The van der Waals surface area contributed by atoms with E-state index in [1.165, 1.54) is 51.4 Å². The Labute approximate surface area is 274 Å². The maximum absolute atomic E-state index is 13.6. The normalized spacial score (nSPS) is 14.5. The highest BCUT2D eigenvalue weighted by Gasteiger charge is 2.46. The highest BCUT2D eigenvalue weighted by atomic mass is 16.5. The van der Waals surface area contributed by atoms with Crippen LogP contribution in [0.15, 0.2) is 83.9 Å². The van der Waals surface area contributed by atoms with Gasteiger partial charge in [-0.1, -0.05) is 102 Å². The summed E-state index contributed by atoms with van der Waals surface area (Å²) in [7, 11) is 3.49. The van der Waals surface area contributed by atoms with Crippen molar-refractivity contribution < 1.29 is 19.1 Å². The summed E-state index contributed by atoms with van der Waals surface area (Å²) in [5.74, 6) is 1.33. The first kappa shape index (κ1) is 33.1. The fourth-order valence-corrected chi connectivity index (χ4v) is 6.27. The first-order valence-electron chi connectivity index (χ1n) is 17.1. The average Bonchev–Trinajstić information content (AvgIpc) is 3.49. The van der Waals surface area contributed by atoms with E-state index in [1.54, 1.807) is 23.9 Å². The number of carbonyl (C=O) groups is 2. The van der Waals surface area contributed by atoms with Gasteiger partial charge in [0, 0.05) is 14.1 Å². The average molecular weight is 621 g/mol. The lowest BCUT2D eigenvalue weighted by molar-refractivity contribution is -0.123. The predicted octanol–water partition coefficient (Wildman–Crippen LogP) is 9.12. The van der Waals surface area contributed by atoms with Crippen molar-refractivity contribution in [1.29, 1.82) is 0 Å². The van der Waals surface area contributed by atoms with Crippen molar-refractivity contribution in [3.05, 3.63) is 95.1 Å². The zero-order chi connectivity index (χ0) is 32.5. The maximum Gasteiger partial charge on any atom is 0.261 e. The van der Waals surface area contributed by atoms with Crippen LogP contribution in [0.2, 0.25) is 0 Å². The molecule has 0 aliphatic carbocycles. The molecule has 0 atom stereocenters. The Kier molecular flexibility index (Phi) is 11.4. The van der Waals surface area contributed by atoms with Gasteiger partial charge in [0.2, 0.25) is 0 Å². The van der Waals surface area contributed by atoms with E-state index in [-0.39, 0.29) is 11.8 Å². The van der Waals surface area contributed by atoms with Crippen molar-refractivity contribution >= 4 is 23.2 Å². The Morgan fingerprint density at radius 1 is 0.457 bits per heavy atom. The molecule has 0 saturated carbocycles. The smallest absolute Gasteiger partial charge is 0.261 e. The van der Waals surface area contributed by atoms with Gasteiger partial charge < -0.3 is 19.3 Å². The van der Waals surface area contributed by atoms with Crippen molar-refractivity contribution in [2.45, 2.75) is 78.1 Å². The topological polar surface area (TPSA) is 59.1 Å². The third-order valence-electron chi connectivity index (χ3n) is 8.94. The molecule has 0 saturated heterocycles. The molecule has 3 aromatic rings. The number of ether oxygens (including phenoxy) is 2. The second kappa shape index (κ2) is 15.8. The monoisotopic (exact) mass is 620 g/mol. The van der Waals surface area contributed by atoms with Gasteiger partial charge in [-0.25, -0.2) is 0 Å². The number of likely N-dealkylation sites (N-methyl/N-ethyl adjacent to an activating group) is 2. The van der Waals surface area contributed by atoms with E-state index >= 15 is 0 Å². The summed E-state index contributed by atoms with van der Waals surface area (Å²) in [4.78, 5) is 30.5. The van der Waals surface area contributed by atoms with Crippen molar-refractivity contribution in [3.63, 3.8) is 0 Å². The van der Waals surface area contributed by atoms with Crippen LogP contribution in [0.25, 0.3) is 22.5 Å². The van der Waals surface area contributed by atoms with E-state index in [4.69, 9.17) is 9.47 Å². The summed E-state index contributed by atoms with van der Waals surface area (Å²) >= 11 is 0. The first-order valence-corrected chi connectivity index (χ1v) is 17.1. The zero-order valence-corrected chi connectivity index (χ0v) is 27.9. The lowest BCUT2D eigenvalue weighted by atomic mass is 9.99. The van der Waals surface area contributed by atoms with Gasteiger partial charge in [0.15, 0.2) is 0 Å². The number of fused-ring (bicyclic) bond motifs is 1. The summed E-state index contributed by atoms with van der Waals surface area (Å²) < 4.78 is 11.9. The number of rotatable bonds is 17. The van der Waals surface area contributed by atoms with Crippen molar-refractivity contribution in [2.75, 3.05) is 27.3 Å². The molecule has 242 valence electrons. The lowest BCUT2D eigenvalue weighted by Crippen LogP contribution is -2.25. The fraction of sp³-hybridized carbons (Fsp3) is 0.400. The summed E-state index contributed by atoms with van der Waals surface area (Å²) in [6, 6.07) is 24.0. The van der Waals surface area contributed by atoms with Gasteiger partial charge in [0.05, 0.1) is 35.8 Å². The third-order valence-corrected chi connectivity index (χ3v) is 8.94. The zero-order valence-electron chi connectivity index (χ0n) is 27.9. The van der Waals surface area contributed by atoms with Crippen LogP contribution in [0.4, 0.5) is 0 Å². The minimum atomic E-state index is -0.171. The molecule has 2 heterocycles. The minimum Gasteiger partial charge on any atom is -0.494 e. The Morgan fingerprint density at radius 2 is 0.783 bits per heavy atom. The Balaban J connectivity index is 1.30. The van der Waals surface area contributed by atoms with Crippen LogP contribution < -0.4 is 9.47 Å². The van der Waals surface area contributed by atoms with E-state index in [9.17, 15) is 9.59 Å². The highest BCUT2D eigenvalue weighted by Crippen LogP contribution is 2.45. The standard InChI is InChI=1S/C40H48N2O4/c1-5-7-9-11-13-27-45-33-23-19-30(20-24-33)29-15-17-31(18-16-29)37-35-36(40(44)41(37)3)38(42(4)39(35)43)32-21-25-34(26-22-32)46-28-14-12-10-8-6-2/h15-26H,5-14,27-28H2,1-4H3. The highest BCUT2D eigenvalue weighted by molar-refractivity contribution is 6.30. The van der Waals surface area contributed by atoms with Gasteiger partial charge >= 0.3 is 0 Å². The van der Waals surface area contributed by atoms with Crippen LogP contribution >= 0.6 is 0 Å². The molecule has 46 heavy (non-hydrogen) atoms. The van der Waals surface area contributed by atoms with Crippen LogP contribution in [0.3, 0.4) is 0 Å². The van der Waals surface area contributed by atoms with Gasteiger partial charge in [-0.05, 0) is 71.5 Å². The summed E-state index contributed by atoms with van der Waals surface area (Å²) in [6.07, 6.45) is 12.0. The lowest BCUT2D eigenvalue weighted by Gasteiger charge is -2.20. The van der Waals surface area contributed by atoms with Crippen LogP contribution in [-0.2, 0) is 9.59 Å². The fourth-order valence-electron chi connectivity index (χ4n) is 6.27. The van der Waals surface area contributed by atoms with E-state index < -0.39 is 0 Å². The summed E-state index contributed by atoms with van der Waals surface area (Å²) in [5, 5.41) is 0. The minimum absolute atomic E-state index is 0.171. The molecular formula is C40H48N2O4. The van der Waals surface area contributed by atoms with E-state index in [1.807, 2.05) is 60.7 Å². The first-order chi connectivity index (χ1) is 22.4. The molecule has 0 fully saturated rings. The molecule has 0 radical (unpaired) electrons. The third kappa shape index (κ3) is 7.38. The molecule has 2 aliphatic heterocycles. The van der Waals surface area contributed by atoms with Crippen molar-refractivity contribution in [3.8, 4) is 22.6 Å². The number of hydrogen-bond acceptors (Lipinski definition) is 4. The Bertz CT molecular complexity index is 1550. The van der Waals surface area contributed by atoms with Crippen LogP contribution in [0.1, 0.15) is 89.2 Å². The molecule has 2 amide bonds. The predicted molar refractivity (Wildman–Crippen MR) is 186 cm³/mol. The van der Waals surface area contributed by atoms with E-state index in [0.29, 0.717) is 29.1 Å². The Hall–Kier alpha value is -4.32. The Morgan fingerprint density at radius 3 is 1.17 bits per heavy atom. The van der Waals surface area contributed by atoms with Crippen molar-refractivity contribution in [2.24, 2.45) is 0 Å². The molecule has 6 heteroatoms. The SMILES string of the molecule is CCCCCCCOc1ccc(C2=C3C(=O)N(C)C(c4ccc(-c5ccc(OCCCCCCC)cc5)cc4)=C3C(=O)N2C)cc1. The van der Waals surface area contributed by atoms with Gasteiger partial charge in [-0.3, -0.25) is 9.59 Å². The quantitative estimate of drug-likeness (QED) is 0.141. The van der Waals surface area contributed by atoms with Gasteiger partial charge in [0.25, 0.3) is 11.8 Å². The van der Waals surface area contributed by atoms with Crippen LogP contribution in [-0.4, -0.2) is 48.9 Å². The maximum atomic E-state index is 13.6. The number of hydrogen-bond donors (Lipinski definition) is 0. The number of nitrogens with zero attached hydrogens (tertiary/aromatic N) is 2. The molecule has 5 rings (SSSR count). The molecule has 0 N–H and O–H groups in total. The number of carbonyl (C=O) groups excluding carboxylic acids is 2. The van der Waals surface area contributed by atoms with E-state index in [2.05, 4.69) is 26.0 Å². The molecule has 3 aromatic carbocycles. The number of amides is 2. The van der Waals surface area contributed by atoms with E-state index in [0.717, 1.165) is 53.2 Å². The molecule has 2 aliphatic rings. The number of benzene rings is 3. The van der Waals surface area contributed by atoms with Crippen molar-refractivity contribution in [1.82, 2.24) is 9.80 Å². The summed E-state index contributed by atoms with van der Waals surface area (Å²) in [6.45, 7) is 5.87. The van der Waals surface area contributed by atoms with Gasteiger partial charge in [-0.15, -0.1) is 0 Å². The molecule has 0 aromatic heterocycles. The van der Waals surface area contributed by atoms with Gasteiger partial charge in [0.1, 0.15) is 11.5 Å².